The van der Waals surface area contributed by atoms with Crippen LogP contribution in [0.5, 0.6) is 5.75 Å². The Morgan fingerprint density at radius 3 is 2.86 bits per heavy atom. The third-order valence-corrected chi connectivity index (χ3v) is 4.87. The van der Waals surface area contributed by atoms with Gasteiger partial charge in [-0.05, 0) is 42.8 Å². The zero-order valence-electron chi connectivity index (χ0n) is 12.0. The molecule has 112 valence electrons. The van der Waals surface area contributed by atoms with E-state index in [2.05, 4.69) is 10.3 Å². The predicted molar refractivity (Wildman–Crippen MR) is 90.3 cm³/mol. The SMILES string of the molecule is COc1ccc2sc(C(=O)Nc3cc(C)ccn3)c(Cl)c2c1. The zero-order chi connectivity index (χ0) is 15.7. The first-order valence-corrected chi connectivity index (χ1v) is 7.78. The number of carbonyl (C=O) groups excluding carboxylic acids is 1. The second-order valence-corrected chi connectivity index (χ2v) is 6.21. The van der Waals surface area contributed by atoms with Gasteiger partial charge in [0.25, 0.3) is 5.91 Å². The fourth-order valence-electron chi connectivity index (χ4n) is 2.10. The number of halogens is 1. The Morgan fingerprint density at radius 2 is 2.14 bits per heavy atom. The fraction of sp³-hybridized carbons (Fsp3) is 0.125. The maximum Gasteiger partial charge on any atom is 0.268 e. The van der Waals surface area contributed by atoms with Gasteiger partial charge in [0.15, 0.2) is 0 Å². The highest BCUT2D eigenvalue weighted by Crippen LogP contribution is 2.37. The molecule has 4 nitrogen and oxygen atoms in total. The summed E-state index contributed by atoms with van der Waals surface area (Å²) in [5, 5.41) is 4.02. The van der Waals surface area contributed by atoms with Gasteiger partial charge in [-0.3, -0.25) is 4.79 Å². The zero-order valence-corrected chi connectivity index (χ0v) is 13.6. The van der Waals surface area contributed by atoms with Gasteiger partial charge in [-0.25, -0.2) is 4.98 Å². The number of pyridine rings is 1. The van der Waals surface area contributed by atoms with E-state index in [1.807, 2.05) is 37.3 Å². The molecule has 1 N–H and O–H groups in total. The summed E-state index contributed by atoms with van der Waals surface area (Å²) in [4.78, 5) is 17.0. The van der Waals surface area contributed by atoms with Gasteiger partial charge in [-0.2, -0.15) is 0 Å². The number of nitrogens with one attached hydrogen (secondary N) is 1. The van der Waals surface area contributed by atoms with Crippen molar-refractivity contribution in [3.05, 3.63) is 52.0 Å². The van der Waals surface area contributed by atoms with E-state index in [9.17, 15) is 4.79 Å². The highest BCUT2D eigenvalue weighted by Gasteiger charge is 2.18. The molecule has 22 heavy (non-hydrogen) atoms. The van der Waals surface area contributed by atoms with Crippen LogP contribution in [-0.2, 0) is 0 Å². The lowest BCUT2D eigenvalue weighted by Gasteiger charge is -2.03. The fourth-order valence-corrected chi connectivity index (χ4v) is 3.48. The van der Waals surface area contributed by atoms with E-state index in [1.54, 1.807) is 13.3 Å². The topological polar surface area (TPSA) is 51.2 Å². The molecular formula is C16H13ClN2O2S. The number of thiophene rings is 1. The molecular weight excluding hydrogens is 320 g/mol. The van der Waals surface area contributed by atoms with E-state index < -0.39 is 0 Å². The maximum atomic E-state index is 12.4. The molecule has 2 heterocycles. The van der Waals surface area contributed by atoms with Crippen LogP contribution in [0.1, 0.15) is 15.2 Å². The van der Waals surface area contributed by atoms with Crippen LogP contribution in [0.2, 0.25) is 5.02 Å². The molecule has 0 radical (unpaired) electrons. The van der Waals surface area contributed by atoms with E-state index >= 15 is 0 Å². The summed E-state index contributed by atoms with van der Waals surface area (Å²) < 4.78 is 6.13. The number of nitrogens with zero attached hydrogens (tertiary/aromatic N) is 1. The van der Waals surface area contributed by atoms with Crippen LogP contribution in [0.25, 0.3) is 10.1 Å². The van der Waals surface area contributed by atoms with Crippen LogP contribution in [0, 0.1) is 6.92 Å². The van der Waals surface area contributed by atoms with E-state index in [-0.39, 0.29) is 5.91 Å². The molecule has 0 aliphatic rings. The van der Waals surface area contributed by atoms with Crippen LogP contribution < -0.4 is 10.1 Å². The van der Waals surface area contributed by atoms with Gasteiger partial charge in [0, 0.05) is 16.3 Å². The molecule has 0 saturated carbocycles. The molecule has 3 rings (SSSR count). The summed E-state index contributed by atoms with van der Waals surface area (Å²) >= 11 is 7.70. The molecule has 0 spiro atoms. The number of ether oxygens (including phenoxy) is 1. The molecule has 0 atom stereocenters. The van der Waals surface area contributed by atoms with Crippen molar-refractivity contribution in [3.63, 3.8) is 0 Å². The summed E-state index contributed by atoms with van der Waals surface area (Å²) in [6.45, 7) is 1.94. The number of hydrogen-bond acceptors (Lipinski definition) is 4. The van der Waals surface area contributed by atoms with Gasteiger partial charge in [-0.15, -0.1) is 11.3 Å². The van der Waals surface area contributed by atoms with Crippen LogP contribution in [-0.4, -0.2) is 18.0 Å². The number of carbonyl (C=O) groups is 1. The summed E-state index contributed by atoms with van der Waals surface area (Å²) in [5.74, 6) is 0.957. The quantitative estimate of drug-likeness (QED) is 0.767. The molecule has 1 amide bonds. The Bertz CT molecular complexity index is 860. The number of aromatic nitrogens is 1. The minimum absolute atomic E-state index is 0.261. The number of aryl methyl sites for hydroxylation is 1. The van der Waals surface area contributed by atoms with Crippen molar-refractivity contribution in [1.29, 1.82) is 0 Å². The van der Waals surface area contributed by atoms with Crippen molar-refractivity contribution < 1.29 is 9.53 Å². The smallest absolute Gasteiger partial charge is 0.268 e. The molecule has 0 bridgehead atoms. The predicted octanol–water partition coefficient (Wildman–Crippen LogP) is 4.52. The van der Waals surface area contributed by atoms with Gasteiger partial charge in [0.05, 0.1) is 12.1 Å². The molecule has 3 aromatic rings. The Hall–Kier alpha value is -2.11. The third kappa shape index (κ3) is 2.77. The summed E-state index contributed by atoms with van der Waals surface area (Å²) in [6, 6.07) is 9.25. The normalized spacial score (nSPS) is 10.7. The molecule has 0 saturated heterocycles. The molecule has 2 aromatic heterocycles. The molecule has 0 fully saturated rings. The highest BCUT2D eigenvalue weighted by atomic mass is 35.5. The average molecular weight is 333 g/mol. The number of hydrogen-bond donors (Lipinski definition) is 1. The largest absolute Gasteiger partial charge is 0.497 e. The minimum Gasteiger partial charge on any atom is -0.497 e. The van der Waals surface area contributed by atoms with Gasteiger partial charge in [0.1, 0.15) is 16.4 Å². The van der Waals surface area contributed by atoms with E-state index in [1.165, 1.54) is 11.3 Å². The van der Waals surface area contributed by atoms with E-state index in [4.69, 9.17) is 16.3 Å². The van der Waals surface area contributed by atoms with E-state index in [0.717, 1.165) is 15.6 Å². The number of rotatable bonds is 3. The first-order chi connectivity index (χ1) is 10.6. The molecule has 0 aliphatic heterocycles. The van der Waals surface area contributed by atoms with Crippen LogP contribution in [0.3, 0.4) is 0 Å². The summed E-state index contributed by atoms with van der Waals surface area (Å²) in [7, 11) is 1.60. The number of methoxy groups -OCH3 is 1. The minimum atomic E-state index is -0.261. The van der Waals surface area contributed by atoms with E-state index in [0.29, 0.717) is 21.5 Å². The first-order valence-electron chi connectivity index (χ1n) is 6.58. The number of benzene rings is 1. The van der Waals surface area contributed by atoms with Gasteiger partial charge in [-0.1, -0.05) is 11.6 Å². The third-order valence-electron chi connectivity index (χ3n) is 3.20. The molecule has 1 aromatic carbocycles. The lowest BCUT2D eigenvalue weighted by molar-refractivity contribution is 0.103. The highest BCUT2D eigenvalue weighted by molar-refractivity contribution is 7.21. The van der Waals surface area contributed by atoms with Crippen molar-refractivity contribution >= 4 is 44.7 Å². The lowest BCUT2D eigenvalue weighted by Crippen LogP contribution is -2.11. The average Bonchev–Trinajstić information content (AvgIpc) is 2.84. The summed E-state index contributed by atoms with van der Waals surface area (Å²) in [5.41, 5.74) is 1.03. The van der Waals surface area contributed by atoms with Crippen molar-refractivity contribution in [1.82, 2.24) is 4.98 Å². The van der Waals surface area contributed by atoms with Crippen molar-refractivity contribution in [3.8, 4) is 5.75 Å². The Morgan fingerprint density at radius 1 is 1.32 bits per heavy atom. The standard InChI is InChI=1S/C16H13ClN2O2S/c1-9-5-6-18-13(7-9)19-16(20)15-14(17)11-8-10(21-2)3-4-12(11)22-15/h3-8H,1-2H3,(H,18,19,20). The Kier molecular flexibility index (Phi) is 4.00. The van der Waals surface area contributed by atoms with Crippen molar-refractivity contribution in [2.45, 2.75) is 6.92 Å². The second kappa shape index (κ2) is 5.94. The number of fused-ring (bicyclic) bond motifs is 1. The van der Waals surface area contributed by atoms with Crippen LogP contribution >= 0.6 is 22.9 Å². The number of anilines is 1. The van der Waals surface area contributed by atoms with Gasteiger partial charge >= 0.3 is 0 Å². The Balaban J connectivity index is 1.95. The van der Waals surface area contributed by atoms with Crippen LogP contribution in [0.15, 0.2) is 36.5 Å². The maximum absolute atomic E-state index is 12.4. The van der Waals surface area contributed by atoms with Gasteiger partial charge in [0.2, 0.25) is 0 Å². The summed E-state index contributed by atoms with van der Waals surface area (Å²) in [6.07, 6.45) is 1.66. The monoisotopic (exact) mass is 332 g/mol. The first kappa shape index (κ1) is 14.8. The number of amides is 1. The van der Waals surface area contributed by atoms with Crippen molar-refractivity contribution in [2.24, 2.45) is 0 Å². The molecule has 6 heteroatoms. The lowest BCUT2D eigenvalue weighted by atomic mass is 10.2. The van der Waals surface area contributed by atoms with Gasteiger partial charge < -0.3 is 10.1 Å². The van der Waals surface area contributed by atoms with Crippen molar-refractivity contribution in [2.75, 3.05) is 12.4 Å². The van der Waals surface area contributed by atoms with Crippen LogP contribution in [0.4, 0.5) is 5.82 Å². The Labute approximate surface area is 136 Å². The molecule has 0 unspecified atom stereocenters. The second-order valence-electron chi connectivity index (χ2n) is 4.78. The molecule has 0 aliphatic carbocycles.